The molecule has 3 nitrogen and oxygen atoms in total. The standard InChI is InChI=1S/C18H19N3/c1-11-9-15(19)17-16(21-14-7-5-4-6-8-14)10-12(2)20-18(17)13(11)3/h4-10H,19H2,1-3H3,(H,20,21). The second kappa shape index (κ2) is 5.09. The van der Waals surface area contributed by atoms with Gasteiger partial charge < -0.3 is 11.1 Å². The molecule has 2 aromatic carbocycles. The van der Waals surface area contributed by atoms with Crippen LogP contribution in [0.2, 0.25) is 0 Å². The molecule has 106 valence electrons. The fourth-order valence-corrected chi connectivity index (χ4v) is 2.61. The fraction of sp³-hybridized carbons (Fsp3) is 0.167. The van der Waals surface area contributed by atoms with Crippen LogP contribution < -0.4 is 11.1 Å². The van der Waals surface area contributed by atoms with E-state index < -0.39 is 0 Å². The van der Waals surface area contributed by atoms with E-state index in [4.69, 9.17) is 5.73 Å². The van der Waals surface area contributed by atoms with Gasteiger partial charge in [0, 0.05) is 22.5 Å². The molecule has 0 spiro atoms. The number of nitrogens with two attached hydrogens (primary N) is 1. The molecule has 0 amide bonds. The van der Waals surface area contributed by atoms with Crippen LogP contribution in [0.5, 0.6) is 0 Å². The zero-order valence-corrected chi connectivity index (χ0v) is 12.6. The normalized spacial score (nSPS) is 10.8. The van der Waals surface area contributed by atoms with Crippen molar-refractivity contribution in [3.8, 4) is 0 Å². The van der Waals surface area contributed by atoms with Gasteiger partial charge in [0.05, 0.1) is 11.2 Å². The van der Waals surface area contributed by atoms with Gasteiger partial charge in [-0.15, -0.1) is 0 Å². The molecule has 3 aromatic rings. The number of anilines is 3. The lowest BCUT2D eigenvalue weighted by Crippen LogP contribution is -2.00. The van der Waals surface area contributed by atoms with E-state index in [1.54, 1.807) is 0 Å². The molecule has 1 aromatic heterocycles. The lowest BCUT2D eigenvalue weighted by molar-refractivity contribution is 1.23. The number of aromatic nitrogens is 1. The molecule has 21 heavy (non-hydrogen) atoms. The molecule has 0 unspecified atom stereocenters. The summed E-state index contributed by atoms with van der Waals surface area (Å²) in [4.78, 5) is 4.68. The van der Waals surface area contributed by atoms with Crippen LogP contribution in [0, 0.1) is 20.8 Å². The first-order valence-corrected chi connectivity index (χ1v) is 7.05. The SMILES string of the molecule is Cc1cc(Nc2ccccc2)c2c(N)cc(C)c(C)c2n1. The van der Waals surface area contributed by atoms with Crippen LogP contribution in [0.3, 0.4) is 0 Å². The maximum Gasteiger partial charge on any atom is 0.0778 e. The van der Waals surface area contributed by atoms with Crippen molar-refractivity contribution < 1.29 is 0 Å². The molecule has 3 heteroatoms. The lowest BCUT2D eigenvalue weighted by atomic mass is 10.0. The Kier molecular flexibility index (Phi) is 3.26. The summed E-state index contributed by atoms with van der Waals surface area (Å²) in [6.45, 7) is 6.17. The lowest BCUT2D eigenvalue weighted by Gasteiger charge is -2.15. The number of benzene rings is 2. The number of fused-ring (bicyclic) bond motifs is 1. The summed E-state index contributed by atoms with van der Waals surface area (Å²) in [6, 6.07) is 14.2. The van der Waals surface area contributed by atoms with Crippen LogP contribution in [0.1, 0.15) is 16.8 Å². The Morgan fingerprint density at radius 1 is 1.00 bits per heavy atom. The molecule has 3 N–H and O–H groups in total. The van der Waals surface area contributed by atoms with E-state index in [2.05, 4.69) is 24.1 Å². The van der Waals surface area contributed by atoms with Gasteiger partial charge >= 0.3 is 0 Å². The summed E-state index contributed by atoms with van der Waals surface area (Å²) >= 11 is 0. The van der Waals surface area contributed by atoms with Crippen molar-refractivity contribution in [2.45, 2.75) is 20.8 Å². The third-order valence-electron chi connectivity index (χ3n) is 3.81. The van der Waals surface area contributed by atoms with Gasteiger partial charge in [-0.3, -0.25) is 4.98 Å². The summed E-state index contributed by atoms with van der Waals surface area (Å²) in [7, 11) is 0. The van der Waals surface area contributed by atoms with Gasteiger partial charge in [-0.05, 0) is 56.2 Å². The molecule has 0 atom stereocenters. The average molecular weight is 277 g/mol. The monoisotopic (exact) mass is 277 g/mol. The van der Waals surface area contributed by atoms with Crippen LogP contribution in [0.4, 0.5) is 17.1 Å². The molecule has 0 saturated heterocycles. The largest absolute Gasteiger partial charge is 0.398 e. The Bertz CT molecular complexity index is 808. The van der Waals surface area contributed by atoms with Crippen molar-refractivity contribution in [1.29, 1.82) is 0 Å². The minimum Gasteiger partial charge on any atom is -0.398 e. The Morgan fingerprint density at radius 2 is 1.71 bits per heavy atom. The number of rotatable bonds is 2. The molecule has 0 aliphatic carbocycles. The summed E-state index contributed by atoms with van der Waals surface area (Å²) in [5.74, 6) is 0. The molecule has 0 saturated carbocycles. The number of hydrogen-bond acceptors (Lipinski definition) is 3. The van der Waals surface area contributed by atoms with Crippen molar-refractivity contribution in [1.82, 2.24) is 4.98 Å². The van der Waals surface area contributed by atoms with Crippen LogP contribution in [0.25, 0.3) is 10.9 Å². The zero-order valence-electron chi connectivity index (χ0n) is 12.6. The zero-order chi connectivity index (χ0) is 15.0. The van der Waals surface area contributed by atoms with E-state index in [0.29, 0.717) is 0 Å². The van der Waals surface area contributed by atoms with Crippen LogP contribution >= 0.6 is 0 Å². The van der Waals surface area contributed by atoms with Crippen molar-refractivity contribution in [3.05, 3.63) is 59.3 Å². The predicted octanol–water partition coefficient (Wildman–Crippen LogP) is 4.49. The first-order valence-electron chi connectivity index (χ1n) is 7.05. The van der Waals surface area contributed by atoms with Gasteiger partial charge in [0.2, 0.25) is 0 Å². The number of nitrogens with zero attached hydrogens (tertiary/aromatic N) is 1. The molecule has 0 radical (unpaired) electrons. The van der Waals surface area contributed by atoms with Crippen molar-refractivity contribution in [2.75, 3.05) is 11.1 Å². The highest BCUT2D eigenvalue weighted by Gasteiger charge is 2.12. The van der Waals surface area contributed by atoms with Gasteiger partial charge in [0.15, 0.2) is 0 Å². The van der Waals surface area contributed by atoms with E-state index in [-0.39, 0.29) is 0 Å². The van der Waals surface area contributed by atoms with E-state index >= 15 is 0 Å². The molecular formula is C18H19N3. The second-order valence-electron chi connectivity index (χ2n) is 5.43. The van der Waals surface area contributed by atoms with Gasteiger partial charge in [0.1, 0.15) is 0 Å². The summed E-state index contributed by atoms with van der Waals surface area (Å²) in [5.41, 5.74) is 13.4. The number of nitrogens with one attached hydrogen (secondary N) is 1. The van der Waals surface area contributed by atoms with Crippen LogP contribution in [-0.2, 0) is 0 Å². The molecular weight excluding hydrogens is 258 g/mol. The third-order valence-corrected chi connectivity index (χ3v) is 3.81. The third kappa shape index (κ3) is 2.42. The summed E-state index contributed by atoms with van der Waals surface area (Å²) in [6.07, 6.45) is 0. The number of hydrogen-bond donors (Lipinski definition) is 2. The molecule has 1 heterocycles. The molecule has 0 aliphatic heterocycles. The molecule has 0 fully saturated rings. The van der Waals surface area contributed by atoms with Crippen LogP contribution in [-0.4, -0.2) is 4.98 Å². The number of aryl methyl sites for hydroxylation is 3. The number of para-hydroxylation sites is 1. The minimum atomic E-state index is 0.763. The molecule has 0 aliphatic rings. The highest BCUT2D eigenvalue weighted by molar-refractivity contribution is 6.03. The first kappa shape index (κ1) is 13.4. The Balaban J connectivity index is 2.25. The van der Waals surface area contributed by atoms with Gasteiger partial charge in [0.25, 0.3) is 0 Å². The Morgan fingerprint density at radius 3 is 2.43 bits per heavy atom. The Labute approximate surface area is 124 Å². The smallest absolute Gasteiger partial charge is 0.0778 e. The topological polar surface area (TPSA) is 50.9 Å². The molecule has 3 rings (SSSR count). The highest BCUT2D eigenvalue weighted by atomic mass is 14.9. The first-order chi connectivity index (χ1) is 10.1. The average Bonchev–Trinajstić information content (AvgIpc) is 2.45. The fourth-order valence-electron chi connectivity index (χ4n) is 2.61. The summed E-state index contributed by atoms with van der Waals surface area (Å²) < 4.78 is 0. The number of pyridine rings is 1. The number of nitrogen functional groups attached to an aromatic ring is 1. The van der Waals surface area contributed by atoms with E-state index in [0.717, 1.165) is 33.7 Å². The Hall–Kier alpha value is -2.55. The maximum atomic E-state index is 6.25. The van der Waals surface area contributed by atoms with Crippen LogP contribution in [0.15, 0.2) is 42.5 Å². The second-order valence-corrected chi connectivity index (χ2v) is 5.43. The van der Waals surface area contributed by atoms with Crippen molar-refractivity contribution >= 4 is 28.0 Å². The van der Waals surface area contributed by atoms with Gasteiger partial charge in [-0.25, -0.2) is 0 Å². The van der Waals surface area contributed by atoms with E-state index in [9.17, 15) is 0 Å². The maximum absolute atomic E-state index is 6.25. The van der Waals surface area contributed by atoms with Crippen molar-refractivity contribution in [3.63, 3.8) is 0 Å². The minimum absolute atomic E-state index is 0.763. The van der Waals surface area contributed by atoms with Gasteiger partial charge in [-0.1, -0.05) is 18.2 Å². The highest BCUT2D eigenvalue weighted by Crippen LogP contribution is 2.34. The molecule has 0 bridgehead atoms. The van der Waals surface area contributed by atoms with E-state index in [1.165, 1.54) is 11.1 Å². The van der Waals surface area contributed by atoms with Gasteiger partial charge in [-0.2, -0.15) is 0 Å². The van der Waals surface area contributed by atoms with E-state index in [1.807, 2.05) is 49.4 Å². The predicted molar refractivity (Wildman–Crippen MR) is 90.1 cm³/mol. The quantitative estimate of drug-likeness (QED) is 0.679. The van der Waals surface area contributed by atoms with Crippen molar-refractivity contribution in [2.24, 2.45) is 0 Å². The summed E-state index contributed by atoms with van der Waals surface area (Å²) in [5, 5.41) is 4.45.